The standard InChI is InChI=1S/C14H20FN3O4/c1-14(2,3)16-13(19)8-17(4)10-7-12(22-5)9(15)6-11(10)18(20)21/h6-7H,8H2,1-5H3,(H,16,19). The molecule has 0 heterocycles. The lowest BCUT2D eigenvalue weighted by Crippen LogP contribution is -2.45. The Labute approximate surface area is 128 Å². The molecule has 122 valence electrons. The number of carbonyl (C=O) groups is 1. The molecule has 1 amide bonds. The number of benzene rings is 1. The molecule has 0 atom stereocenters. The molecule has 0 aliphatic carbocycles. The largest absolute Gasteiger partial charge is 0.494 e. The van der Waals surface area contributed by atoms with Crippen LogP contribution in [0.5, 0.6) is 5.75 Å². The molecule has 0 aliphatic heterocycles. The molecule has 8 heteroatoms. The van der Waals surface area contributed by atoms with Crippen molar-refractivity contribution in [3.8, 4) is 5.75 Å². The van der Waals surface area contributed by atoms with Gasteiger partial charge in [0.1, 0.15) is 5.69 Å². The lowest BCUT2D eigenvalue weighted by atomic mass is 10.1. The van der Waals surface area contributed by atoms with E-state index in [9.17, 15) is 19.3 Å². The minimum Gasteiger partial charge on any atom is -0.494 e. The lowest BCUT2D eigenvalue weighted by molar-refractivity contribution is -0.384. The number of amides is 1. The predicted molar refractivity (Wildman–Crippen MR) is 80.8 cm³/mol. The Hall–Kier alpha value is -2.38. The first kappa shape index (κ1) is 17.7. The highest BCUT2D eigenvalue weighted by molar-refractivity contribution is 5.83. The van der Waals surface area contributed by atoms with Gasteiger partial charge in [-0.3, -0.25) is 14.9 Å². The van der Waals surface area contributed by atoms with Crippen molar-refractivity contribution in [2.75, 3.05) is 25.6 Å². The van der Waals surface area contributed by atoms with E-state index in [1.807, 2.05) is 20.8 Å². The van der Waals surface area contributed by atoms with Gasteiger partial charge in [0.05, 0.1) is 24.6 Å². The van der Waals surface area contributed by atoms with Crippen LogP contribution in [0.25, 0.3) is 0 Å². The smallest absolute Gasteiger partial charge is 0.295 e. The van der Waals surface area contributed by atoms with Crippen molar-refractivity contribution in [1.82, 2.24) is 5.32 Å². The summed E-state index contributed by atoms with van der Waals surface area (Å²) < 4.78 is 18.4. The lowest BCUT2D eigenvalue weighted by Gasteiger charge is -2.24. The van der Waals surface area contributed by atoms with Gasteiger partial charge in [-0.05, 0) is 20.8 Å². The molecule has 0 unspecified atom stereocenters. The van der Waals surface area contributed by atoms with Gasteiger partial charge < -0.3 is 15.0 Å². The van der Waals surface area contributed by atoms with Crippen LogP contribution in [-0.4, -0.2) is 37.1 Å². The predicted octanol–water partition coefficient (Wildman–Crippen LogP) is 2.09. The molecule has 0 bridgehead atoms. The van der Waals surface area contributed by atoms with Gasteiger partial charge in [0.25, 0.3) is 5.69 Å². The van der Waals surface area contributed by atoms with E-state index in [-0.39, 0.29) is 23.9 Å². The van der Waals surface area contributed by atoms with Crippen LogP contribution in [0.15, 0.2) is 12.1 Å². The summed E-state index contributed by atoms with van der Waals surface area (Å²) in [5.74, 6) is -1.25. The number of hydrogen-bond donors (Lipinski definition) is 1. The fraction of sp³-hybridized carbons (Fsp3) is 0.500. The molecule has 0 saturated carbocycles. The number of anilines is 1. The van der Waals surface area contributed by atoms with E-state index in [1.165, 1.54) is 25.1 Å². The number of likely N-dealkylation sites (N-methyl/N-ethyl adjacent to an activating group) is 1. The molecular formula is C14H20FN3O4. The zero-order valence-corrected chi connectivity index (χ0v) is 13.3. The van der Waals surface area contributed by atoms with Crippen LogP contribution in [0.3, 0.4) is 0 Å². The third kappa shape index (κ3) is 4.57. The molecule has 0 saturated heterocycles. The first-order valence-corrected chi connectivity index (χ1v) is 6.59. The molecular weight excluding hydrogens is 293 g/mol. The van der Waals surface area contributed by atoms with Gasteiger partial charge in [0, 0.05) is 18.7 Å². The van der Waals surface area contributed by atoms with Crippen LogP contribution in [-0.2, 0) is 4.79 Å². The van der Waals surface area contributed by atoms with Crippen molar-refractivity contribution in [3.63, 3.8) is 0 Å². The second-order valence-corrected chi connectivity index (χ2v) is 5.89. The quantitative estimate of drug-likeness (QED) is 0.664. The molecule has 1 aromatic carbocycles. The summed E-state index contributed by atoms with van der Waals surface area (Å²) in [6.07, 6.45) is 0. The first-order chi connectivity index (χ1) is 10.0. The fourth-order valence-electron chi connectivity index (χ4n) is 1.90. The molecule has 0 radical (unpaired) electrons. The number of hydrogen-bond acceptors (Lipinski definition) is 5. The highest BCUT2D eigenvalue weighted by Crippen LogP contribution is 2.33. The maximum Gasteiger partial charge on any atom is 0.295 e. The van der Waals surface area contributed by atoms with Crippen LogP contribution in [0.1, 0.15) is 20.8 Å². The van der Waals surface area contributed by atoms with Gasteiger partial charge in [-0.25, -0.2) is 4.39 Å². The minimum absolute atomic E-state index is 0.104. The number of nitrogens with one attached hydrogen (secondary N) is 1. The summed E-state index contributed by atoms with van der Waals surface area (Å²) >= 11 is 0. The highest BCUT2D eigenvalue weighted by atomic mass is 19.1. The average Bonchev–Trinajstić information content (AvgIpc) is 2.35. The molecule has 0 fully saturated rings. The Bertz CT molecular complexity index is 584. The number of halogens is 1. The van der Waals surface area contributed by atoms with Crippen LogP contribution in [0, 0.1) is 15.9 Å². The Kier molecular flexibility index (Phi) is 5.29. The molecule has 0 spiro atoms. The van der Waals surface area contributed by atoms with E-state index >= 15 is 0 Å². The molecule has 0 aliphatic rings. The van der Waals surface area contributed by atoms with Crippen LogP contribution < -0.4 is 15.0 Å². The fourth-order valence-corrected chi connectivity index (χ4v) is 1.90. The van der Waals surface area contributed by atoms with Crippen molar-refractivity contribution in [1.29, 1.82) is 0 Å². The summed E-state index contributed by atoms with van der Waals surface area (Å²) in [5.41, 5.74) is -0.735. The maximum atomic E-state index is 13.6. The number of nitro benzene ring substituents is 1. The average molecular weight is 313 g/mol. The third-order valence-electron chi connectivity index (χ3n) is 2.75. The Morgan fingerprint density at radius 1 is 1.45 bits per heavy atom. The minimum atomic E-state index is -0.828. The van der Waals surface area contributed by atoms with Gasteiger partial charge in [-0.15, -0.1) is 0 Å². The molecule has 1 N–H and O–H groups in total. The van der Waals surface area contributed by atoms with E-state index in [1.54, 1.807) is 0 Å². The number of rotatable bonds is 5. The van der Waals surface area contributed by atoms with Crippen LogP contribution >= 0.6 is 0 Å². The summed E-state index contributed by atoms with van der Waals surface area (Å²) in [4.78, 5) is 23.7. The molecule has 1 rings (SSSR count). The van der Waals surface area contributed by atoms with E-state index in [0.29, 0.717) is 0 Å². The second kappa shape index (κ2) is 6.59. The van der Waals surface area contributed by atoms with Gasteiger partial charge in [-0.1, -0.05) is 0 Å². The van der Waals surface area contributed by atoms with Crippen molar-refractivity contribution >= 4 is 17.3 Å². The normalized spacial score (nSPS) is 11.0. The summed E-state index contributed by atoms with van der Waals surface area (Å²) in [7, 11) is 2.78. The number of ether oxygens (including phenoxy) is 1. The van der Waals surface area contributed by atoms with E-state index in [0.717, 1.165) is 6.07 Å². The van der Waals surface area contributed by atoms with Crippen molar-refractivity contribution in [3.05, 3.63) is 28.1 Å². The summed E-state index contributed by atoms with van der Waals surface area (Å²) in [5, 5.41) is 13.8. The van der Waals surface area contributed by atoms with E-state index < -0.39 is 22.0 Å². The zero-order valence-electron chi connectivity index (χ0n) is 13.3. The SMILES string of the molecule is COc1cc(N(C)CC(=O)NC(C)(C)C)c([N+](=O)[O-])cc1F. The van der Waals surface area contributed by atoms with E-state index in [2.05, 4.69) is 5.32 Å². The first-order valence-electron chi connectivity index (χ1n) is 6.59. The number of nitrogens with zero attached hydrogens (tertiary/aromatic N) is 2. The van der Waals surface area contributed by atoms with Crippen molar-refractivity contribution < 1.29 is 18.8 Å². The highest BCUT2D eigenvalue weighted by Gasteiger charge is 2.24. The van der Waals surface area contributed by atoms with Crippen molar-refractivity contribution in [2.24, 2.45) is 0 Å². The Morgan fingerprint density at radius 3 is 2.50 bits per heavy atom. The Morgan fingerprint density at radius 2 is 2.05 bits per heavy atom. The van der Waals surface area contributed by atoms with Gasteiger partial charge in [-0.2, -0.15) is 0 Å². The second-order valence-electron chi connectivity index (χ2n) is 5.89. The van der Waals surface area contributed by atoms with Crippen LogP contribution in [0.4, 0.5) is 15.8 Å². The topological polar surface area (TPSA) is 84.7 Å². The van der Waals surface area contributed by atoms with Gasteiger partial charge in [0.15, 0.2) is 11.6 Å². The van der Waals surface area contributed by atoms with Gasteiger partial charge >= 0.3 is 0 Å². The number of carbonyl (C=O) groups excluding carboxylic acids is 1. The zero-order chi connectivity index (χ0) is 17.1. The maximum absolute atomic E-state index is 13.6. The van der Waals surface area contributed by atoms with Gasteiger partial charge in [0.2, 0.25) is 5.91 Å². The molecule has 7 nitrogen and oxygen atoms in total. The third-order valence-corrected chi connectivity index (χ3v) is 2.75. The van der Waals surface area contributed by atoms with Crippen LogP contribution in [0.2, 0.25) is 0 Å². The van der Waals surface area contributed by atoms with E-state index in [4.69, 9.17) is 4.74 Å². The molecule has 1 aromatic rings. The van der Waals surface area contributed by atoms with Crippen molar-refractivity contribution in [2.45, 2.75) is 26.3 Å². The number of nitro groups is 1. The molecule has 22 heavy (non-hydrogen) atoms. The Balaban J connectivity index is 3.08. The monoisotopic (exact) mass is 313 g/mol. The summed E-state index contributed by atoms with van der Waals surface area (Å²) in [6.45, 7) is 5.38. The summed E-state index contributed by atoms with van der Waals surface area (Å²) in [6, 6.07) is 1.99. The molecule has 0 aromatic heterocycles. The number of methoxy groups -OCH3 is 1.